The van der Waals surface area contributed by atoms with Crippen LogP contribution >= 0.6 is 11.6 Å². The van der Waals surface area contributed by atoms with Crippen LogP contribution in [-0.2, 0) is 16.1 Å². The number of rotatable bonds is 6. The van der Waals surface area contributed by atoms with Crippen molar-refractivity contribution in [2.75, 3.05) is 45.9 Å². The van der Waals surface area contributed by atoms with Crippen molar-refractivity contribution in [2.24, 2.45) is 0 Å². The zero-order valence-electron chi connectivity index (χ0n) is 14.0. The quantitative estimate of drug-likeness (QED) is 0.848. The number of nitrogens with one attached hydrogen (secondary N) is 1. The van der Waals surface area contributed by atoms with Crippen LogP contribution in [-0.4, -0.2) is 67.7 Å². The van der Waals surface area contributed by atoms with Gasteiger partial charge < -0.3 is 10.1 Å². The molecule has 0 bridgehead atoms. The van der Waals surface area contributed by atoms with Gasteiger partial charge in [-0.1, -0.05) is 23.7 Å². The van der Waals surface area contributed by atoms with Crippen molar-refractivity contribution in [3.63, 3.8) is 0 Å². The van der Waals surface area contributed by atoms with Gasteiger partial charge in [-0.3, -0.25) is 14.6 Å². The molecule has 2 aliphatic heterocycles. The molecule has 1 aromatic carbocycles. The monoisotopic (exact) mass is 351 g/mol. The SMILES string of the molecule is O=C(CN1CCN(Cc2cccc(Cl)c2)CC1)NCC1CCCO1. The van der Waals surface area contributed by atoms with Crippen LogP contribution in [0.15, 0.2) is 24.3 Å². The van der Waals surface area contributed by atoms with Crippen LogP contribution in [0.25, 0.3) is 0 Å². The highest BCUT2D eigenvalue weighted by Gasteiger charge is 2.20. The molecular weight excluding hydrogens is 326 g/mol. The van der Waals surface area contributed by atoms with Crippen LogP contribution in [0.3, 0.4) is 0 Å². The Bertz CT molecular complexity index is 541. The summed E-state index contributed by atoms with van der Waals surface area (Å²) in [6.45, 7) is 6.68. The molecule has 24 heavy (non-hydrogen) atoms. The summed E-state index contributed by atoms with van der Waals surface area (Å²) in [7, 11) is 0. The molecule has 2 heterocycles. The number of amides is 1. The first-order valence-corrected chi connectivity index (χ1v) is 9.14. The molecule has 1 atom stereocenters. The van der Waals surface area contributed by atoms with Gasteiger partial charge in [0.25, 0.3) is 0 Å². The van der Waals surface area contributed by atoms with Crippen LogP contribution in [0.4, 0.5) is 0 Å². The summed E-state index contributed by atoms with van der Waals surface area (Å²) in [6, 6.07) is 8.02. The highest BCUT2D eigenvalue weighted by molar-refractivity contribution is 6.30. The second-order valence-electron chi connectivity index (χ2n) is 6.62. The van der Waals surface area contributed by atoms with Crippen molar-refractivity contribution in [1.29, 1.82) is 0 Å². The molecule has 1 aromatic rings. The lowest BCUT2D eigenvalue weighted by atomic mass is 10.2. The maximum atomic E-state index is 12.0. The van der Waals surface area contributed by atoms with Gasteiger partial charge in [0.05, 0.1) is 12.6 Å². The molecule has 5 nitrogen and oxygen atoms in total. The summed E-state index contributed by atoms with van der Waals surface area (Å²) in [6.07, 6.45) is 2.38. The summed E-state index contributed by atoms with van der Waals surface area (Å²) < 4.78 is 5.53. The number of ether oxygens (including phenoxy) is 1. The summed E-state index contributed by atoms with van der Waals surface area (Å²) in [4.78, 5) is 16.7. The Morgan fingerprint density at radius 3 is 2.75 bits per heavy atom. The second kappa shape index (κ2) is 8.81. The van der Waals surface area contributed by atoms with Gasteiger partial charge in [0.2, 0.25) is 5.91 Å². The van der Waals surface area contributed by atoms with Crippen LogP contribution in [0, 0.1) is 0 Å². The second-order valence-corrected chi connectivity index (χ2v) is 7.06. The fourth-order valence-electron chi connectivity index (χ4n) is 3.29. The van der Waals surface area contributed by atoms with E-state index in [2.05, 4.69) is 21.2 Å². The molecule has 2 saturated heterocycles. The average molecular weight is 352 g/mol. The van der Waals surface area contributed by atoms with E-state index in [9.17, 15) is 4.79 Å². The molecule has 6 heteroatoms. The predicted molar refractivity (Wildman–Crippen MR) is 95.2 cm³/mol. The largest absolute Gasteiger partial charge is 0.376 e. The lowest BCUT2D eigenvalue weighted by molar-refractivity contribution is -0.123. The van der Waals surface area contributed by atoms with Gasteiger partial charge in [0.15, 0.2) is 0 Å². The number of hydrogen-bond donors (Lipinski definition) is 1. The number of carbonyl (C=O) groups excluding carboxylic acids is 1. The van der Waals surface area contributed by atoms with Crippen LogP contribution in [0.5, 0.6) is 0 Å². The van der Waals surface area contributed by atoms with Crippen molar-refractivity contribution in [1.82, 2.24) is 15.1 Å². The van der Waals surface area contributed by atoms with E-state index in [4.69, 9.17) is 16.3 Å². The van der Waals surface area contributed by atoms with E-state index in [1.165, 1.54) is 5.56 Å². The molecule has 0 saturated carbocycles. The van der Waals surface area contributed by atoms with Crippen molar-refractivity contribution >= 4 is 17.5 Å². The first kappa shape index (κ1) is 17.7. The van der Waals surface area contributed by atoms with Gasteiger partial charge in [-0.25, -0.2) is 0 Å². The summed E-state index contributed by atoms with van der Waals surface area (Å²) in [5, 5.41) is 3.78. The van der Waals surface area contributed by atoms with E-state index in [1.807, 2.05) is 18.2 Å². The minimum absolute atomic E-state index is 0.105. The van der Waals surface area contributed by atoms with E-state index in [1.54, 1.807) is 0 Å². The van der Waals surface area contributed by atoms with E-state index in [-0.39, 0.29) is 12.0 Å². The molecule has 0 aromatic heterocycles. The summed E-state index contributed by atoms with van der Waals surface area (Å²) in [5.41, 5.74) is 1.24. The lowest BCUT2D eigenvalue weighted by Crippen LogP contribution is -2.49. The van der Waals surface area contributed by atoms with Crippen molar-refractivity contribution in [3.8, 4) is 0 Å². The molecule has 1 unspecified atom stereocenters. The Morgan fingerprint density at radius 2 is 2.04 bits per heavy atom. The van der Waals surface area contributed by atoms with E-state index in [0.29, 0.717) is 13.1 Å². The molecule has 1 N–H and O–H groups in total. The lowest BCUT2D eigenvalue weighted by Gasteiger charge is -2.34. The van der Waals surface area contributed by atoms with Crippen molar-refractivity contribution in [2.45, 2.75) is 25.5 Å². The Morgan fingerprint density at radius 1 is 1.25 bits per heavy atom. The smallest absolute Gasteiger partial charge is 0.234 e. The van der Waals surface area contributed by atoms with E-state index < -0.39 is 0 Å². The number of hydrogen-bond acceptors (Lipinski definition) is 4. The first-order valence-electron chi connectivity index (χ1n) is 8.76. The van der Waals surface area contributed by atoms with E-state index in [0.717, 1.165) is 57.2 Å². The normalized spacial score (nSPS) is 22.6. The molecular formula is C18H26ClN3O2. The van der Waals surface area contributed by atoms with Gasteiger partial charge in [0.1, 0.15) is 0 Å². The van der Waals surface area contributed by atoms with Gasteiger partial charge >= 0.3 is 0 Å². The minimum Gasteiger partial charge on any atom is -0.376 e. The molecule has 2 aliphatic rings. The first-order chi connectivity index (χ1) is 11.7. The molecule has 0 spiro atoms. The summed E-state index contributed by atoms with van der Waals surface area (Å²) >= 11 is 6.04. The molecule has 2 fully saturated rings. The van der Waals surface area contributed by atoms with Crippen LogP contribution < -0.4 is 5.32 Å². The molecule has 1 amide bonds. The Balaban J connectivity index is 1.34. The predicted octanol–water partition coefficient (Wildman–Crippen LogP) is 1.75. The number of halogens is 1. The number of piperazine rings is 1. The molecule has 132 valence electrons. The Labute approximate surface area is 148 Å². The Kier molecular flexibility index (Phi) is 6.49. The third-order valence-corrected chi connectivity index (χ3v) is 4.91. The van der Waals surface area contributed by atoms with Crippen molar-refractivity contribution in [3.05, 3.63) is 34.9 Å². The van der Waals surface area contributed by atoms with E-state index >= 15 is 0 Å². The third-order valence-electron chi connectivity index (χ3n) is 4.68. The fraction of sp³-hybridized carbons (Fsp3) is 0.611. The fourth-order valence-corrected chi connectivity index (χ4v) is 3.50. The van der Waals surface area contributed by atoms with Crippen LogP contribution in [0.1, 0.15) is 18.4 Å². The topological polar surface area (TPSA) is 44.8 Å². The number of nitrogens with zero attached hydrogens (tertiary/aromatic N) is 2. The van der Waals surface area contributed by atoms with Crippen molar-refractivity contribution < 1.29 is 9.53 Å². The van der Waals surface area contributed by atoms with Crippen LogP contribution in [0.2, 0.25) is 5.02 Å². The zero-order chi connectivity index (χ0) is 16.8. The number of carbonyl (C=O) groups is 1. The van der Waals surface area contributed by atoms with Gasteiger partial charge in [-0.05, 0) is 30.5 Å². The average Bonchev–Trinajstić information content (AvgIpc) is 3.08. The molecule has 0 radical (unpaired) electrons. The number of benzene rings is 1. The maximum absolute atomic E-state index is 12.0. The highest BCUT2D eigenvalue weighted by Crippen LogP contribution is 2.14. The van der Waals surface area contributed by atoms with Gasteiger partial charge in [0, 0.05) is 50.9 Å². The zero-order valence-corrected chi connectivity index (χ0v) is 14.8. The third kappa shape index (κ3) is 5.45. The highest BCUT2D eigenvalue weighted by atomic mass is 35.5. The maximum Gasteiger partial charge on any atom is 0.234 e. The molecule has 0 aliphatic carbocycles. The van der Waals surface area contributed by atoms with Gasteiger partial charge in [-0.2, -0.15) is 0 Å². The Hall–Kier alpha value is -1.14. The summed E-state index contributed by atoms with van der Waals surface area (Å²) in [5.74, 6) is 0.105. The molecule has 3 rings (SSSR count). The van der Waals surface area contributed by atoms with Gasteiger partial charge in [-0.15, -0.1) is 0 Å². The minimum atomic E-state index is 0.105. The standard InChI is InChI=1S/C18H26ClN3O2/c19-16-4-1-3-15(11-16)13-21-6-8-22(9-7-21)14-18(23)20-12-17-5-2-10-24-17/h1,3-4,11,17H,2,5-10,12-14H2,(H,20,23).